The summed E-state index contributed by atoms with van der Waals surface area (Å²) < 4.78 is 7.42. The quantitative estimate of drug-likeness (QED) is 0.852. The molecule has 1 heterocycles. The normalized spacial score (nSPS) is 10.8. The average Bonchev–Trinajstić information content (AvgIpc) is 2.87. The molecular formula is C14H19ClN4O. The van der Waals surface area contributed by atoms with E-state index in [-0.39, 0.29) is 0 Å². The van der Waals surface area contributed by atoms with Crippen molar-refractivity contribution >= 4 is 11.6 Å². The second-order valence-corrected chi connectivity index (χ2v) is 4.94. The zero-order valence-corrected chi connectivity index (χ0v) is 12.5. The van der Waals surface area contributed by atoms with E-state index in [1.165, 1.54) is 0 Å². The molecule has 6 heteroatoms. The highest BCUT2D eigenvalue weighted by molar-refractivity contribution is 6.32. The van der Waals surface area contributed by atoms with Crippen molar-refractivity contribution in [1.29, 1.82) is 0 Å². The van der Waals surface area contributed by atoms with Crippen LogP contribution >= 0.6 is 11.6 Å². The maximum atomic E-state index is 6.10. The van der Waals surface area contributed by atoms with Gasteiger partial charge in [0.05, 0.1) is 17.3 Å². The van der Waals surface area contributed by atoms with Crippen molar-refractivity contribution < 1.29 is 4.74 Å². The molecule has 0 aliphatic rings. The minimum absolute atomic E-state index is 0.507. The molecule has 2 rings (SSSR count). The molecule has 2 aromatic rings. The van der Waals surface area contributed by atoms with Crippen LogP contribution in [0, 0.1) is 6.92 Å². The summed E-state index contributed by atoms with van der Waals surface area (Å²) in [6, 6.07) is 5.75. The molecule has 1 aromatic heterocycles. The van der Waals surface area contributed by atoms with E-state index in [1.54, 1.807) is 4.68 Å². The summed E-state index contributed by atoms with van der Waals surface area (Å²) in [5, 5.41) is 12.0. The number of hydrogen-bond acceptors (Lipinski definition) is 4. The summed E-state index contributed by atoms with van der Waals surface area (Å²) in [7, 11) is 0. The molecule has 0 atom stereocenters. The number of nitrogens with zero attached hydrogens (tertiary/aromatic N) is 3. The van der Waals surface area contributed by atoms with Crippen LogP contribution in [0.5, 0.6) is 5.75 Å². The second-order valence-electron chi connectivity index (χ2n) is 4.54. The summed E-state index contributed by atoms with van der Waals surface area (Å²) in [4.78, 5) is 0. The van der Waals surface area contributed by atoms with Gasteiger partial charge >= 0.3 is 0 Å². The average molecular weight is 295 g/mol. The Bertz CT molecular complexity index is 556. The van der Waals surface area contributed by atoms with Gasteiger partial charge in [0, 0.05) is 12.7 Å². The smallest absolute Gasteiger partial charge is 0.137 e. The van der Waals surface area contributed by atoms with E-state index < -0.39 is 0 Å². The molecular weight excluding hydrogens is 276 g/mol. The van der Waals surface area contributed by atoms with Crippen molar-refractivity contribution in [2.24, 2.45) is 0 Å². The molecule has 20 heavy (non-hydrogen) atoms. The maximum absolute atomic E-state index is 6.10. The Morgan fingerprint density at radius 1 is 1.40 bits per heavy atom. The van der Waals surface area contributed by atoms with Gasteiger partial charge < -0.3 is 10.1 Å². The number of hydrogen-bond donors (Lipinski definition) is 1. The second kappa shape index (κ2) is 7.26. The number of benzene rings is 1. The molecule has 0 saturated heterocycles. The maximum Gasteiger partial charge on any atom is 0.137 e. The number of aryl methyl sites for hydroxylation is 1. The summed E-state index contributed by atoms with van der Waals surface area (Å²) in [5.41, 5.74) is 2.05. The first-order valence-corrected chi connectivity index (χ1v) is 7.05. The number of halogens is 1. The summed E-state index contributed by atoms with van der Waals surface area (Å²) in [5.74, 6) is 0.699. The largest absolute Gasteiger partial charge is 0.490 e. The van der Waals surface area contributed by atoms with Crippen LogP contribution in [-0.4, -0.2) is 28.1 Å². The van der Waals surface area contributed by atoms with Gasteiger partial charge in [0.1, 0.15) is 12.4 Å². The molecule has 1 aromatic carbocycles. The Morgan fingerprint density at radius 2 is 2.25 bits per heavy atom. The van der Waals surface area contributed by atoms with Crippen LogP contribution in [-0.2, 0) is 13.1 Å². The zero-order chi connectivity index (χ0) is 14.4. The number of ether oxygens (including phenoxy) is 1. The monoisotopic (exact) mass is 294 g/mol. The number of nitrogens with one attached hydrogen (secondary N) is 1. The Labute approximate surface area is 123 Å². The van der Waals surface area contributed by atoms with E-state index in [1.807, 2.05) is 31.3 Å². The molecule has 0 amide bonds. The third-order valence-corrected chi connectivity index (χ3v) is 3.10. The highest BCUT2D eigenvalue weighted by atomic mass is 35.5. The van der Waals surface area contributed by atoms with E-state index >= 15 is 0 Å². The molecule has 0 aliphatic carbocycles. The van der Waals surface area contributed by atoms with Gasteiger partial charge in [0.2, 0.25) is 0 Å². The van der Waals surface area contributed by atoms with Gasteiger partial charge in [-0.25, -0.2) is 4.68 Å². The Morgan fingerprint density at radius 3 is 3.00 bits per heavy atom. The van der Waals surface area contributed by atoms with Crippen molar-refractivity contribution in [3.63, 3.8) is 0 Å². The topological polar surface area (TPSA) is 52.0 Å². The van der Waals surface area contributed by atoms with Gasteiger partial charge in [-0.15, -0.1) is 5.10 Å². The third-order valence-electron chi connectivity index (χ3n) is 2.81. The lowest BCUT2D eigenvalue weighted by atomic mass is 10.2. The molecule has 0 unspecified atom stereocenters. The van der Waals surface area contributed by atoms with E-state index in [0.29, 0.717) is 23.9 Å². The Balaban J connectivity index is 1.82. The summed E-state index contributed by atoms with van der Waals surface area (Å²) in [6.45, 7) is 6.86. The lowest BCUT2D eigenvalue weighted by Crippen LogP contribution is -2.12. The van der Waals surface area contributed by atoms with Crippen LogP contribution in [0.25, 0.3) is 0 Å². The fourth-order valence-corrected chi connectivity index (χ4v) is 2.04. The van der Waals surface area contributed by atoms with Crippen LogP contribution < -0.4 is 10.1 Å². The predicted molar refractivity (Wildman–Crippen MR) is 79.1 cm³/mol. The Kier molecular flexibility index (Phi) is 5.38. The van der Waals surface area contributed by atoms with E-state index in [4.69, 9.17) is 16.3 Å². The molecule has 0 spiro atoms. The van der Waals surface area contributed by atoms with Gasteiger partial charge in [-0.1, -0.05) is 29.8 Å². The van der Waals surface area contributed by atoms with E-state index in [0.717, 1.165) is 24.3 Å². The molecule has 0 bridgehead atoms. The molecule has 0 aliphatic heterocycles. The summed E-state index contributed by atoms with van der Waals surface area (Å²) in [6.07, 6.45) is 1.92. The lowest BCUT2D eigenvalue weighted by molar-refractivity contribution is 0.290. The van der Waals surface area contributed by atoms with Crippen LogP contribution in [0.1, 0.15) is 18.2 Å². The highest BCUT2D eigenvalue weighted by Gasteiger charge is 2.03. The standard InChI is InChI=1S/C14H19ClN4O/c1-3-16-9-12-10-19(18-17-12)6-7-20-14-5-4-11(2)8-13(14)15/h4-5,8,10,16H,3,6-7,9H2,1-2H3. The van der Waals surface area contributed by atoms with Gasteiger partial charge in [-0.3, -0.25) is 0 Å². The number of aromatic nitrogens is 3. The molecule has 5 nitrogen and oxygen atoms in total. The van der Waals surface area contributed by atoms with E-state index in [9.17, 15) is 0 Å². The lowest BCUT2D eigenvalue weighted by Gasteiger charge is -2.08. The summed E-state index contributed by atoms with van der Waals surface area (Å²) >= 11 is 6.10. The van der Waals surface area contributed by atoms with Gasteiger partial charge in [-0.05, 0) is 31.2 Å². The van der Waals surface area contributed by atoms with Crippen LogP contribution in [0.4, 0.5) is 0 Å². The van der Waals surface area contributed by atoms with Crippen LogP contribution in [0.3, 0.4) is 0 Å². The Hall–Kier alpha value is -1.59. The van der Waals surface area contributed by atoms with Crippen LogP contribution in [0.2, 0.25) is 5.02 Å². The zero-order valence-electron chi connectivity index (χ0n) is 11.8. The van der Waals surface area contributed by atoms with Gasteiger partial charge in [0.25, 0.3) is 0 Å². The fourth-order valence-electron chi connectivity index (χ4n) is 1.75. The fraction of sp³-hybridized carbons (Fsp3) is 0.429. The first-order chi connectivity index (χ1) is 9.69. The SMILES string of the molecule is CCNCc1cn(CCOc2ccc(C)cc2Cl)nn1. The van der Waals surface area contributed by atoms with Crippen molar-refractivity contribution in [1.82, 2.24) is 20.3 Å². The third kappa shape index (κ3) is 4.21. The van der Waals surface area contributed by atoms with Crippen molar-refractivity contribution in [2.75, 3.05) is 13.2 Å². The molecule has 1 N–H and O–H groups in total. The minimum Gasteiger partial charge on any atom is -0.490 e. The molecule has 0 fully saturated rings. The van der Waals surface area contributed by atoms with Crippen molar-refractivity contribution in [2.45, 2.75) is 26.9 Å². The van der Waals surface area contributed by atoms with Gasteiger partial charge in [0.15, 0.2) is 0 Å². The highest BCUT2D eigenvalue weighted by Crippen LogP contribution is 2.24. The first kappa shape index (κ1) is 14.8. The van der Waals surface area contributed by atoms with E-state index in [2.05, 4.69) is 22.6 Å². The molecule has 108 valence electrons. The van der Waals surface area contributed by atoms with Gasteiger partial charge in [-0.2, -0.15) is 0 Å². The minimum atomic E-state index is 0.507. The molecule has 0 saturated carbocycles. The predicted octanol–water partition coefficient (Wildman–Crippen LogP) is 2.43. The first-order valence-electron chi connectivity index (χ1n) is 6.67. The number of rotatable bonds is 7. The molecule has 0 radical (unpaired) electrons. The van der Waals surface area contributed by atoms with Crippen LogP contribution in [0.15, 0.2) is 24.4 Å². The van der Waals surface area contributed by atoms with Crippen molar-refractivity contribution in [3.05, 3.63) is 40.7 Å². The van der Waals surface area contributed by atoms with Crippen molar-refractivity contribution in [3.8, 4) is 5.75 Å².